The van der Waals surface area contributed by atoms with Crippen molar-refractivity contribution < 1.29 is 14.3 Å². The molecule has 6 heteroatoms. The van der Waals surface area contributed by atoms with Crippen LogP contribution in [0.3, 0.4) is 0 Å². The van der Waals surface area contributed by atoms with Crippen molar-refractivity contribution in [1.82, 2.24) is 4.98 Å². The Morgan fingerprint density at radius 1 is 1.58 bits per heavy atom. The molecule has 0 fully saturated rings. The van der Waals surface area contributed by atoms with Gasteiger partial charge in [0.25, 0.3) is 0 Å². The molecular weight excluding hydrogens is 208 g/mol. The fourth-order valence-corrected chi connectivity index (χ4v) is 0.952. The van der Waals surface area contributed by atoms with E-state index in [0.29, 0.717) is 0 Å². The SMILES string of the molecule is O=C(O)c1nc(Cl)c(F)cc1Cl. The molecule has 1 heterocycles. The van der Waals surface area contributed by atoms with E-state index in [9.17, 15) is 9.18 Å². The molecule has 0 atom stereocenters. The Morgan fingerprint density at radius 2 is 2.17 bits per heavy atom. The van der Waals surface area contributed by atoms with Gasteiger partial charge in [-0.1, -0.05) is 23.2 Å². The minimum Gasteiger partial charge on any atom is -0.476 e. The molecule has 0 saturated carbocycles. The van der Waals surface area contributed by atoms with Crippen LogP contribution in [0.2, 0.25) is 10.2 Å². The van der Waals surface area contributed by atoms with Crippen molar-refractivity contribution in [3.8, 4) is 0 Å². The molecule has 1 aromatic rings. The third-order valence-corrected chi connectivity index (χ3v) is 1.64. The number of pyridine rings is 1. The number of nitrogens with zero attached hydrogens (tertiary/aromatic N) is 1. The van der Waals surface area contributed by atoms with Crippen LogP contribution < -0.4 is 0 Å². The second kappa shape index (κ2) is 3.25. The second-order valence-corrected chi connectivity index (χ2v) is 2.66. The number of rotatable bonds is 1. The molecule has 0 saturated heterocycles. The van der Waals surface area contributed by atoms with Crippen LogP contribution in [0.25, 0.3) is 0 Å². The Bertz CT molecular complexity index is 343. The van der Waals surface area contributed by atoms with Gasteiger partial charge < -0.3 is 5.11 Å². The molecule has 0 spiro atoms. The molecular formula is C6H2Cl2FNO2. The molecule has 0 aromatic carbocycles. The Labute approximate surface area is 76.7 Å². The van der Waals surface area contributed by atoms with Crippen LogP contribution >= 0.6 is 23.2 Å². The van der Waals surface area contributed by atoms with Gasteiger partial charge in [0.15, 0.2) is 16.7 Å². The first kappa shape index (κ1) is 9.22. The van der Waals surface area contributed by atoms with Crippen molar-refractivity contribution in [2.24, 2.45) is 0 Å². The van der Waals surface area contributed by atoms with Crippen LogP contribution in [-0.2, 0) is 0 Å². The zero-order valence-corrected chi connectivity index (χ0v) is 7.03. The monoisotopic (exact) mass is 209 g/mol. The summed E-state index contributed by atoms with van der Waals surface area (Å²) in [6.45, 7) is 0. The number of aromatic nitrogens is 1. The smallest absolute Gasteiger partial charge is 0.356 e. The quantitative estimate of drug-likeness (QED) is 0.723. The van der Waals surface area contributed by atoms with Crippen molar-refractivity contribution in [1.29, 1.82) is 0 Å². The van der Waals surface area contributed by atoms with Crippen molar-refractivity contribution in [3.05, 3.63) is 27.8 Å². The maximum atomic E-state index is 12.6. The Morgan fingerprint density at radius 3 is 2.67 bits per heavy atom. The van der Waals surface area contributed by atoms with Crippen LogP contribution in [0.15, 0.2) is 6.07 Å². The van der Waals surface area contributed by atoms with E-state index >= 15 is 0 Å². The standard InChI is InChI=1S/C6H2Cl2FNO2/c7-2-1-3(9)5(8)10-4(2)6(11)12/h1H,(H,11,12). The number of carboxylic acids is 1. The Kier molecular flexibility index (Phi) is 2.49. The first-order chi connectivity index (χ1) is 5.52. The third kappa shape index (κ3) is 1.65. The number of aromatic carboxylic acids is 1. The molecule has 3 nitrogen and oxygen atoms in total. The van der Waals surface area contributed by atoms with E-state index in [1.165, 1.54) is 0 Å². The number of carbonyl (C=O) groups is 1. The lowest BCUT2D eigenvalue weighted by atomic mass is 10.3. The highest BCUT2D eigenvalue weighted by atomic mass is 35.5. The fourth-order valence-electron chi connectivity index (χ4n) is 0.594. The zero-order valence-electron chi connectivity index (χ0n) is 5.51. The van der Waals surface area contributed by atoms with Crippen molar-refractivity contribution in [2.75, 3.05) is 0 Å². The molecule has 0 bridgehead atoms. The van der Waals surface area contributed by atoms with Crippen LogP contribution in [-0.4, -0.2) is 16.1 Å². The summed E-state index contributed by atoms with van der Waals surface area (Å²) in [6, 6.07) is 0.806. The van der Waals surface area contributed by atoms with Crippen molar-refractivity contribution in [2.45, 2.75) is 0 Å². The summed E-state index contributed by atoms with van der Waals surface area (Å²) in [5, 5.41) is 7.68. The van der Waals surface area contributed by atoms with Crippen LogP contribution in [0, 0.1) is 5.82 Å². The first-order valence-corrected chi connectivity index (χ1v) is 3.53. The molecule has 0 aliphatic carbocycles. The fraction of sp³-hybridized carbons (Fsp3) is 0. The van der Waals surface area contributed by atoms with Gasteiger partial charge in [0.1, 0.15) is 0 Å². The van der Waals surface area contributed by atoms with Gasteiger partial charge in [-0.25, -0.2) is 14.2 Å². The van der Waals surface area contributed by atoms with Gasteiger partial charge in [0.05, 0.1) is 5.02 Å². The van der Waals surface area contributed by atoms with E-state index < -0.39 is 22.6 Å². The van der Waals surface area contributed by atoms with Gasteiger partial charge in [-0.3, -0.25) is 0 Å². The summed E-state index contributed by atoms with van der Waals surface area (Å²) in [7, 11) is 0. The van der Waals surface area contributed by atoms with Gasteiger partial charge in [-0.2, -0.15) is 0 Å². The highest BCUT2D eigenvalue weighted by molar-refractivity contribution is 6.34. The Balaban J connectivity index is 3.33. The number of hydrogen-bond donors (Lipinski definition) is 1. The predicted octanol–water partition coefficient (Wildman–Crippen LogP) is 2.23. The molecule has 0 aliphatic heterocycles. The predicted molar refractivity (Wildman–Crippen MR) is 41.2 cm³/mol. The molecule has 12 heavy (non-hydrogen) atoms. The van der Waals surface area contributed by atoms with Gasteiger partial charge >= 0.3 is 5.97 Å². The molecule has 64 valence electrons. The van der Waals surface area contributed by atoms with Gasteiger partial charge in [-0.15, -0.1) is 0 Å². The Hall–Kier alpha value is -0.870. The van der Waals surface area contributed by atoms with Crippen molar-refractivity contribution in [3.63, 3.8) is 0 Å². The molecule has 1 aromatic heterocycles. The molecule has 0 unspecified atom stereocenters. The van der Waals surface area contributed by atoms with E-state index in [-0.39, 0.29) is 5.02 Å². The molecule has 0 radical (unpaired) electrons. The number of halogens is 3. The van der Waals surface area contributed by atoms with Crippen LogP contribution in [0.1, 0.15) is 10.5 Å². The highest BCUT2D eigenvalue weighted by Crippen LogP contribution is 2.20. The molecule has 1 rings (SSSR count). The average molecular weight is 210 g/mol. The summed E-state index contributed by atoms with van der Waals surface area (Å²) in [5.74, 6) is -2.19. The summed E-state index contributed by atoms with van der Waals surface area (Å²) < 4.78 is 12.6. The number of carboxylic acid groups (broad SMARTS) is 1. The molecule has 0 amide bonds. The maximum Gasteiger partial charge on any atom is 0.356 e. The second-order valence-electron chi connectivity index (χ2n) is 1.90. The van der Waals surface area contributed by atoms with E-state index in [1.807, 2.05) is 0 Å². The normalized spacial score (nSPS) is 9.92. The van der Waals surface area contributed by atoms with Crippen LogP contribution in [0.5, 0.6) is 0 Å². The average Bonchev–Trinajstić information content (AvgIpc) is 1.96. The lowest BCUT2D eigenvalue weighted by Crippen LogP contribution is -2.02. The van der Waals surface area contributed by atoms with E-state index in [0.717, 1.165) is 6.07 Å². The summed E-state index contributed by atoms with van der Waals surface area (Å²) >= 11 is 10.6. The van der Waals surface area contributed by atoms with Crippen molar-refractivity contribution >= 4 is 29.2 Å². The third-order valence-electron chi connectivity index (χ3n) is 1.09. The van der Waals surface area contributed by atoms with E-state index in [2.05, 4.69) is 4.98 Å². The van der Waals surface area contributed by atoms with E-state index in [4.69, 9.17) is 28.3 Å². The summed E-state index contributed by atoms with van der Waals surface area (Å²) in [6.07, 6.45) is 0. The summed E-state index contributed by atoms with van der Waals surface area (Å²) in [5.41, 5.74) is -0.455. The number of hydrogen-bond acceptors (Lipinski definition) is 2. The minimum atomic E-state index is -1.35. The summed E-state index contributed by atoms with van der Waals surface area (Å²) in [4.78, 5) is 13.6. The van der Waals surface area contributed by atoms with E-state index in [1.54, 1.807) is 0 Å². The zero-order chi connectivity index (χ0) is 9.30. The maximum absolute atomic E-state index is 12.6. The first-order valence-electron chi connectivity index (χ1n) is 2.77. The lowest BCUT2D eigenvalue weighted by Gasteiger charge is -1.98. The lowest BCUT2D eigenvalue weighted by molar-refractivity contribution is 0.0690. The highest BCUT2D eigenvalue weighted by Gasteiger charge is 2.14. The van der Waals surface area contributed by atoms with Gasteiger partial charge in [-0.05, 0) is 6.07 Å². The van der Waals surface area contributed by atoms with Gasteiger partial charge in [0.2, 0.25) is 0 Å². The van der Waals surface area contributed by atoms with Crippen LogP contribution in [0.4, 0.5) is 4.39 Å². The molecule has 0 aliphatic rings. The van der Waals surface area contributed by atoms with Gasteiger partial charge in [0, 0.05) is 0 Å². The minimum absolute atomic E-state index is 0.274. The largest absolute Gasteiger partial charge is 0.476 e. The topological polar surface area (TPSA) is 50.2 Å². The molecule has 1 N–H and O–H groups in total.